The van der Waals surface area contributed by atoms with Crippen LogP contribution in [0.2, 0.25) is 0 Å². The van der Waals surface area contributed by atoms with Crippen molar-refractivity contribution in [1.29, 1.82) is 0 Å². The van der Waals surface area contributed by atoms with Crippen molar-refractivity contribution in [1.82, 2.24) is 30.7 Å². The van der Waals surface area contributed by atoms with E-state index in [-0.39, 0.29) is 5.91 Å². The fraction of sp³-hybridized carbons (Fsp3) is 0.533. The van der Waals surface area contributed by atoms with E-state index in [1.54, 1.807) is 18.2 Å². The molecule has 0 bridgehead atoms. The predicted octanol–water partition coefficient (Wildman–Crippen LogP) is 1.02. The Hall–Kier alpha value is -1.99. The van der Waals surface area contributed by atoms with Crippen LogP contribution in [0.25, 0.3) is 11.0 Å². The van der Waals surface area contributed by atoms with E-state index in [2.05, 4.69) is 37.8 Å². The van der Waals surface area contributed by atoms with Crippen LogP contribution >= 0.6 is 0 Å². The van der Waals surface area contributed by atoms with E-state index < -0.39 is 0 Å². The van der Waals surface area contributed by atoms with Crippen LogP contribution in [-0.4, -0.2) is 64.6 Å². The second kappa shape index (κ2) is 6.85. The molecule has 2 aromatic rings. The van der Waals surface area contributed by atoms with Crippen LogP contribution in [0.15, 0.2) is 18.2 Å². The number of hydrogen-bond acceptors (Lipinski definition) is 5. The number of nitrogens with one attached hydrogen (secondary N) is 2. The number of hydrazine groups is 1. The molecule has 1 amide bonds. The standard InChI is InChI=1S/C15H22N6O/c1-20(21-9-2-3-10-21)8-4-7-16-15(22)12-5-6-13-14(11-12)18-19-17-13/h5-6,11H,2-4,7-10H2,1H3,(H,16,22)(H,17,18,19). The van der Waals surface area contributed by atoms with Crippen molar-refractivity contribution < 1.29 is 4.79 Å². The largest absolute Gasteiger partial charge is 0.352 e. The molecule has 0 radical (unpaired) electrons. The number of rotatable bonds is 6. The first-order valence-electron chi connectivity index (χ1n) is 7.79. The number of amides is 1. The number of aromatic nitrogens is 3. The second-order valence-corrected chi connectivity index (χ2v) is 5.68. The molecule has 7 heteroatoms. The maximum Gasteiger partial charge on any atom is 0.251 e. The number of carbonyl (C=O) groups is 1. The Morgan fingerprint density at radius 2 is 2.09 bits per heavy atom. The first-order valence-corrected chi connectivity index (χ1v) is 7.79. The van der Waals surface area contributed by atoms with Gasteiger partial charge in [0.1, 0.15) is 11.0 Å². The summed E-state index contributed by atoms with van der Waals surface area (Å²) in [7, 11) is 2.12. The van der Waals surface area contributed by atoms with E-state index in [0.29, 0.717) is 17.6 Å². The average molecular weight is 302 g/mol. The first-order chi connectivity index (χ1) is 10.7. The Kier molecular flexibility index (Phi) is 4.65. The van der Waals surface area contributed by atoms with Crippen LogP contribution in [-0.2, 0) is 0 Å². The summed E-state index contributed by atoms with van der Waals surface area (Å²) in [6.07, 6.45) is 3.50. The van der Waals surface area contributed by atoms with Crippen molar-refractivity contribution in [2.24, 2.45) is 0 Å². The fourth-order valence-corrected chi connectivity index (χ4v) is 2.78. The van der Waals surface area contributed by atoms with Gasteiger partial charge in [0.15, 0.2) is 0 Å². The van der Waals surface area contributed by atoms with Crippen molar-refractivity contribution in [2.75, 3.05) is 33.2 Å². The third kappa shape index (κ3) is 3.42. The van der Waals surface area contributed by atoms with E-state index in [4.69, 9.17) is 0 Å². The molecule has 22 heavy (non-hydrogen) atoms. The molecule has 1 aromatic carbocycles. The first kappa shape index (κ1) is 14.9. The Labute approximate surface area is 129 Å². The van der Waals surface area contributed by atoms with Crippen LogP contribution in [0, 0.1) is 0 Å². The molecule has 0 spiro atoms. The highest BCUT2D eigenvalue weighted by atomic mass is 16.1. The quantitative estimate of drug-likeness (QED) is 0.779. The summed E-state index contributed by atoms with van der Waals surface area (Å²) in [5, 5.41) is 18.1. The fourth-order valence-electron chi connectivity index (χ4n) is 2.78. The van der Waals surface area contributed by atoms with E-state index in [0.717, 1.165) is 31.6 Å². The molecular weight excluding hydrogens is 280 g/mol. The van der Waals surface area contributed by atoms with Gasteiger partial charge in [0.05, 0.1) is 0 Å². The monoisotopic (exact) mass is 302 g/mol. The molecule has 1 aliphatic rings. The zero-order chi connectivity index (χ0) is 15.4. The number of hydrogen-bond donors (Lipinski definition) is 2. The highest BCUT2D eigenvalue weighted by molar-refractivity contribution is 5.97. The molecular formula is C15H22N6O. The lowest BCUT2D eigenvalue weighted by molar-refractivity contribution is 0.0237. The highest BCUT2D eigenvalue weighted by Gasteiger charge is 2.15. The minimum Gasteiger partial charge on any atom is -0.352 e. The summed E-state index contributed by atoms with van der Waals surface area (Å²) in [5.41, 5.74) is 2.10. The molecule has 1 saturated heterocycles. The van der Waals surface area contributed by atoms with E-state index in [1.165, 1.54) is 12.8 Å². The van der Waals surface area contributed by atoms with Crippen LogP contribution in [0.5, 0.6) is 0 Å². The van der Waals surface area contributed by atoms with Gasteiger partial charge in [-0.2, -0.15) is 15.4 Å². The van der Waals surface area contributed by atoms with Gasteiger partial charge in [-0.15, -0.1) is 0 Å². The Balaban J connectivity index is 1.43. The molecule has 0 unspecified atom stereocenters. The number of carbonyl (C=O) groups excluding carboxylic acids is 1. The van der Waals surface area contributed by atoms with Crippen LogP contribution < -0.4 is 5.32 Å². The van der Waals surface area contributed by atoms with E-state index >= 15 is 0 Å². The molecule has 1 fully saturated rings. The third-order valence-corrected chi connectivity index (χ3v) is 4.09. The molecule has 118 valence electrons. The minimum atomic E-state index is -0.0614. The zero-order valence-corrected chi connectivity index (χ0v) is 12.9. The van der Waals surface area contributed by atoms with Crippen LogP contribution in [0.1, 0.15) is 29.6 Å². The van der Waals surface area contributed by atoms with Gasteiger partial charge in [0.2, 0.25) is 0 Å². The average Bonchev–Trinajstić information content (AvgIpc) is 3.20. The third-order valence-electron chi connectivity index (χ3n) is 4.09. The van der Waals surface area contributed by atoms with Gasteiger partial charge in [0, 0.05) is 38.8 Å². The van der Waals surface area contributed by atoms with Crippen LogP contribution in [0.4, 0.5) is 0 Å². The molecule has 2 heterocycles. The molecule has 0 atom stereocenters. The lowest BCUT2D eigenvalue weighted by Crippen LogP contribution is -2.39. The lowest BCUT2D eigenvalue weighted by Gasteiger charge is -2.27. The molecule has 0 aliphatic carbocycles. The van der Waals surface area contributed by atoms with Gasteiger partial charge in [-0.25, -0.2) is 10.0 Å². The summed E-state index contributed by atoms with van der Waals surface area (Å²) >= 11 is 0. The van der Waals surface area contributed by atoms with Gasteiger partial charge >= 0.3 is 0 Å². The van der Waals surface area contributed by atoms with Gasteiger partial charge < -0.3 is 5.32 Å². The summed E-state index contributed by atoms with van der Waals surface area (Å²) < 4.78 is 0. The summed E-state index contributed by atoms with van der Waals surface area (Å²) in [5.74, 6) is -0.0614. The Morgan fingerprint density at radius 1 is 1.32 bits per heavy atom. The summed E-state index contributed by atoms with van der Waals surface area (Å²) in [4.78, 5) is 12.1. The maximum absolute atomic E-state index is 12.1. The highest BCUT2D eigenvalue weighted by Crippen LogP contribution is 2.11. The van der Waals surface area contributed by atoms with Crippen molar-refractivity contribution in [3.8, 4) is 0 Å². The number of nitrogens with zero attached hydrogens (tertiary/aromatic N) is 4. The SMILES string of the molecule is CN(CCCNC(=O)c1ccc2n[nH]nc2c1)N1CCCC1. The smallest absolute Gasteiger partial charge is 0.251 e. The lowest BCUT2D eigenvalue weighted by atomic mass is 10.2. The normalized spacial score (nSPS) is 15.7. The number of fused-ring (bicyclic) bond motifs is 1. The Bertz CT molecular complexity index is 634. The number of aromatic amines is 1. The summed E-state index contributed by atoms with van der Waals surface area (Å²) in [6, 6.07) is 5.33. The molecule has 1 aromatic heterocycles. The summed E-state index contributed by atoms with van der Waals surface area (Å²) in [6.45, 7) is 3.94. The van der Waals surface area contributed by atoms with Gasteiger partial charge in [0.25, 0.3) is 5.91 Å². The van der Waals surface area contributed by atoms with E-state index in [1.807, 2.05) is 0 Å². The zero-order valence-electron chi connectivity index (χ0n) is 12.9. The minimum absolute atomic E-state index is 0.0614. The van der Waals surface area contributed by atoms with Gasteiger partial charge in [-0.05, 0) is 37.5 Å². The van der Waals surface area contributed by atoms with Gasteiger partial charge in [-0.1, -0.05) is 0 Å². The molecule has 2 N–H and O–H groups in total. The molecule has 7 nitrogen and oxygen atoms in total. The van der Waals surface area contributed by atoms with Crippen molar-refractivity contribution in [2.45, 2.75) is 19.3 Å². The number of H-pyrrole nitrogens is 1. The van der Waals surface area contributed by atoms with E-state index in [9.17, 15) is 4.79 Å². The second-order valence-electron chi connectivity index (χ2n) is 5.68. The number of benzene rings is 1. The topological polar surface area (TPSA) is 77.1 Å². The predicted molar refractivity (Wildman–Crippen MR) is 84.3 cm³/mol. The molecule has 3 rings (SSSR count). The Morgan fingerprint density at radius 3 is 2.91 bits per heavy atom. The molecule has 0 saturated carbocycles. The van der Waals surface area contributed by atoms with Crippen molar-refractivity contribution in [3.05, 3.63) is 23.8 Å². The molecule has 1 aliphatic heterocycles. The van der Waals surface area contributed by atoms with Gasteiger partial charge in [-0.3, -0.25) is 4.79 Å². The van der Waals surface area contributed by atoms with Crippen molar-refractivity contribution in [3.63, 3.8) is 0 Å². The maximum atomic E-state index is 12.1. The van der Waals surface area contributed by atoms with Crippen LogP contribution in [0.3, 0.4) is 0 Å². The van der Waals surface area contributed by atoms with Crippen molar-refractivity contribution >= 4 is 16.9 Å².